The zero-order valence-corrected chi connectivity index (χ0v) is 13.2. The van der Waals surface area contributed by atoms with Crippen LogP contribution in [0.5, 0.6) is 0 Å². The number of rotatable bonds is 6. The van der Waals surface area contributed by atoms with E-state index in [0.717, 1.165) is 44.3 Å². The van der Waals surface area contributed by atoms with Crippen LogP contribution in [-0.2, 0) is 11.2 Å². The van der Waals surface area contributed by atoms with Crippen molar-refractivity contribution in [2.45, 2.75) is 38.1 Å². The molecule has 0 radical (unpaired) electrons. The lowest BCUT2D eigenvalue weighted by Gasteiger charge is -2.26. The van der Waals surface area contributed by atoms with E-state index in [2.05, 4.69) is 16.6 Å². The van der Waals surface area contributed by atoms with Crippen LogP contribution < -0.4 is 5.32 Å². The molecule has 0 spiro atoms. The van der Waals surface area contributed by atoms with E-state index in [4.69, 9.17) is 5.11 Å². The molecule has 0 unspecified atom stereocenters. The van der Waals surface area contributed by atoms with Crippen molar-refractivity contribution in [2.75, 3.05) is 6.54 Å². The van der Waals surface area contributed by atoms with Gasteiger partial charge in [-0.3, -0.25) is 4.79 Å². The van der Waals surface area contributed by atoms with Crippen LogP contribution >= 0.6 is 0 Å². The van der Waals surface area contributed by atoms with Gasteiger partial charge in [-0.05, 0) is 56.3 Å². The van der Waals surface area contributed by atoms with E-state index in [1.165, 1.54) is 5.56 Å². The normalized spacial score (nSPS) is 21.2. The Morgan fingerprint density at radius 2 is 1.96 bits per heavy atom. The van der Waals surface area contributed by atoms with E-state index in [0.29, 0.717) is 6.04 Å². The fourth-order valence-electron chi connectivity index (χ4n) is 3.18. The number of para-hydroxylation sites is 1. The van der Waals surface area contributed by atoms with Crippen molar-refractivity contribution >= 4 is 5.97 Å². The standard InChI is InChI=1S/C18H23N3O2/c22-18(23)15-6-8-16(9-7-15)19-11-10-14-12-20-21(13-14)17-4-2-1-3-5-17/h1-5,12-13,15-16,19H,6-11H2,(H,22,23). The van der Waals surface area contributed by atoms with E-state index in [-0.39, 0.29) is 5.92 Å². The second-order valence-corrected chi connectivity index (χ2v) is 6.22. The van der Waals surface area contributed by atoms with Gasteiger partial charge in [-0.1, -0.05) is 18.2 Å². The number of hydrogen-bond donors (Lipinski definition) is 2. The largest absolute Gasteiger partial charge is 0.481 e. The molecule has 1 aliphatic rings. The van der Waals surface area contributed by atoms with Crippen molar-refractivity contribution in [1.82, 2.24) is 15.1 Å². The molecule has 1 fully saturated rings. The summed E-state index contributed by atoms with van der Waals surface area (Å²) in [5.74, 6) is -0.783. The SMILES string of the molecule is O=C(O)C1CCC(NCCc2cnn(-c3ccccc3)c2)CC1. The molecule has 0 bridgehead atoms. The number of carboxylic acids is 1. The molecule has 5 nitrogen and oxygen atoms in total. The molecule has 1 saturated carbocycles. The molecular weight excluding hydrogens is 290 g/mol. The predicted octanol–water partition coefficient (Wildman–Crippen LogP) is 2.65. The van der Waals surface area contributed by atoms with Gasteiger partial charge in [-0.2, -0.15) is 5.10 Å². The van der Waals surface area contributed by atoms with Crippen molar-refractivity contribution in [1.29, 1.82) is 0 Å². The highest BCUT2D eigenvalue weighted by atomic mass is 16.4. The van der Waals surface area contributed by atoms with E-state index < -0.39 is 5.97 Å². The van der Waals surface area contributed by atoms with Gasteiger partial charge in [0.25, 0.3) is 0 Å². The molecule has 1 aliphatic carbocycles. The molecule has 0 aliphatic heterocycles. The quantitative estimate of drug-likeness (QED) is 0.860. The van der Waals surface area contributed by atoms with Crippen molar-refractivity contribution < 1.29 is 9.90 Å². The maximum absolute atomic E-state index is 10.9. The van der Waals surface area contributed by atoms with Crippen molar-refractivity contribution in [3.63, 3.8) is 0 Å². The average molecular weight is 313 g/mol. The fraction of sp³-hybridized carbons (Fsp3) is 0.444. The zero-order valence-electron chi connectivity index (χ0n) is 13.2. The van der Waals surface area contributed by atoms with Gasteiger partial charge in [0.15, 0.2) is 0 Å². The van der Waals surface area contributed by atoms with E-state index >= 15 is 0 Å². The van der Waals surface area contributed by atoms with Crippen LogP contribution in [0.2, 0.25) is 0 Å². The third-order valence-electron chi connectivity index (χ3n) is 4.58. The summed E-state index contributed by atoms with van der Waals surface area (Å²) in [5.41, 5.74) is 2.28. The molecule has 2 N–H and O–H groups in total. The number of carbonyl (C=O) groups is 1. The lowest BCUT2D eigenvalue weighted by Crippen LogP contribution is -2.35. The summed E-state index contributed by atoms with van der Waals surface area (Å²) in [6.45, 7) is 0.906. The molecule has 23 heavy (non-hydrogen) atoms. The van der Waals surface area contributed by atoms with Crippen LogP contribution in [0.1, 0.15) is 31.2 Å². The van der Waals surface area contributed by atoms with Crippen molar-refractivity contribution in [3.8, 4) is 5.69 Å². The topological polar surface area (TPSA) is 67.2 Å². The van der Waals surface area contributed by atoms with Gasteiger partial charge >= 0.3 is 5.97 Å². The Balaban J connectivity index is 1.43. The van der Waals surface area contributed by atoms with Gasteiger partial charge in [0.05, 0.1) is 17.8 Å². The fourth-order valence-corrected chi connectivity index (χ4v) is 3.18. The number of nitrogens with zero attached hydrogens (tertiary/aromatic N) is 2. The van der Waals surface area contributed by atoms with Crippen LogP contribution in [0.15, 0.2) is 42.7 Å². The maximum Gasteiger partial charge on any atom is 0.306 e. The number of aliphatic carboxylic acids is 1. The monoisotopic (exact) mass is 313 g/mol. The van der Waals surface area contributed by atoms with Gasteiger partial charge in [-0.25, -0.2) is 4.68 Å². The molecule has 0 saturated heterocycles. The third-order valence-corrected chi connectivity index (χ3v) is 4.58. The molecule has 5 heteroatoms. The maximum atomic E-state index is 10.9. The van der Waals surface area contributed by atoms with Crippen LogP contribution in [0.4, 0.5) is 0 Å². The minimum atomic E-state index is -0.642. The second-order valence-electron chi connectivity index (χ2n) is 6.22. The first-order valence-corrected chi connectivity index (χ1v) is 8.27. The number of benzene rings is 1. The van der Waals surface area contributed by atoms with E-state index in [9.17, 15) is 4.79 Å². The Bertz CT molecular complexity index is 631. The summed E-state index contributed by atoms with van der Waals surface area (Å²) in [6.07, 6.45) is 8.42. The van der Waals surface area contributed by atoms with Gasteiger partial charge in [0, 0.05) is 12.2 Å². The minimum absolute atomic E-state index is 0.142. The van der Waals surface area contributed by atoms with Gasteiger partial charge in [-0.15, -0.1) is 0 Å². The first-order valence-electron chi connectivity index (χ1n) is 8.27. The van der Waals surface area contributed by atoms with Gasteiger partial charge < -0.3 is 10.4 Å². The Morgan fingerprint density at radius 1 is 1.22 bits per heavy atom. The zero-order chi connectivity index (χ0) is 16.1. The van der Waals surface area contributed by atoms with E-state index in [1.54, 1.807) is 0 Å². The highest BCUT2D eigenvalue weighted by Gasteiger charge is 2.25. The molecular formula is C18H23N3O2. The van der Waals surface area contributed by atoms with Crippen molar-refractivity contribution in [3.05, 3.63) is 48.3 Å². The molecule has 1 aromatic heterocycles. The summed E-state index contributed by atoms with van der Waals surface area (Å²) < 4.78 is 1.90. The number of carboxylic acid groups (broad SMARTS) is 1. The minimum Gasteiger partial charge on any atom is -0.481 e. The summed E-state index contributed by atoms with van der Waals surface area (Å²) in [5, 5.41) is 17.0. The first kappa shape index (κ1) is 15.7. The van der Waals surface area contributed by atoms with Crippen molar-refractivity contribution in [2.24, 2.45) is 5.92 Å². The molecule has 122 valence electrons. The molecule has 3 rings (SSSR count). The molecule has 0 atom stereocenters. The predicted molar refractivity (Wildman–Crippen MR) is 88.7 cm³/mol. The Kier molecular flexibility index (Phi) is 5.08. The summed E-state index contributed by atoms with van der Waals surface area (Å²) in [4.78, 5) is 10.9. The Morgan fingerprint density at radius 3 is 2.65 bits per heavy atom. The second kappa shape index (κ2) is 7.42. The number of aromatic nitrogens is 2. The molecule has 2 aromatic rings. The summed E-state index contributed by atoms with van der Waals surface area (Å²) in [7, 11) is 0. The van der Waals surface area contributed by atoms with Crippen LogP contribution in [-0.4, -0.2) is 33.4 Å². The summed E-state index contributed by atoms with van der Waals surface area (Å²) in [6, 6.07) is 10.5. The molecule has 1 aromatic carbocycles. The highest BCUT2D eigenvalue weighted by molar-refractivity contribution is 5.70. The van der Waals surface area contributed by atoms with Crippen LogP contribution in [0.25, 0.3) is 5.69 Å². The van der Waals surface area contributed by atoms with Crippen LogP contribution in [0, 0.1) is 5.92 Å². The van der Waals surface area contributed by atoms with Gasteiger partial charge in [0.1, 0.15) is 0 Å². The Labute approximate surface area is 136 Å². The lowest BCUT2D eigenvalue weighted by atomic mass is 9.86. The molecule has 0 amide bonds. The molecule has 1 heterocycles. The lowest BCUT2D eigenvalue weighted by molar-refractivity contribution is -0.142. The highest BCUT2D eigenvalue weighted by Crippen LogP contribution is 2.24. The van der Waals surface area contributed by atoms with Crippen LogP contribution in [0.3, 0.4) is 0 Å². The number of nitrogens with one attached hydrogen (secondary N) is 1. The van der Waals surface area contributed by atoms with E-state index in [1.807, 2.05) is 41.2 Å². The smallest absolute Gasteiger partial charge is 0.306 e. The third kappa shape index (κ3) is 4.20. The number of hydrogen-bond acceptors (Lipinski definition) is 3. The Hall–Kier alpha value is -2.14. The summed E-state index contributed by atoms with van der Waals surface area (Å²) >= 11 is 0. The van der Waals surface area contributed by atoms with Gasteiger partial charge in [0.2, 0.25) is 0 Å². The average Bonchev–Trinajstić information content (AvgIpc) is 3.05. The first-order chi connectivity index (χ1) is 11.2.